The molecule has 3 aliphatic heterocycles. The molecule has 2 saturated heterocycles. The van der Waals surface area contributed by atoms with Crippen LogP contribution in [0.4, 0.5) is 4.79 Å². The fraction of sp³-hybridized carbons (Fsp3) is 0.714. The predicted octanol–water partition coefficient (Wildman–Crippen LogP) is 0.798. The molecule has 3 atom stereocenters. The Balaban J connectivity index is 1.94. The maximum absolute atomic E-state index is 12.1. The normalized spacial score (nSPS) is 36.2. The van der Waals surface area contributed by atoms with Crippen molar-refractivity contribution < 1.29 is 4.79 Å². The van der Waals surface area contributed by atoms with Crippen molar-refractivity contribution in [2.45, 2.75) is 50.2 Å². The first kappa shape index (κ1) is 12.5. The van der Waals surface area contributed by atoms with Crippen LogP contribution in [-0.2, 0) is 0 Å². The van der Waals surface area contributed by atoms with Crippen molar-refractivity contribution in [2.24, 2.45) is 10.7 Å². The van der Waals surface area contributed by atoms with Gasteiger partial charge in [-0.15, -0.1) is 6.42 Å². The molecule has 3 aliphatic rings. The second-order valence-corrected chi connectivity index (χ2v) is 5.81. The molecule has 0 aliphatic carbocycles. The van der Waals surface area contributed by atoms with E-state index in [0.717, 1.165) is 25.9 Å². The van der Waals surface area contributed by atoms with E-state index < -0.39 is 5.54 Å². The number of carbonyl (C=O) groups is 1. The van der Waals surface area contributed by atoms with Crippen LogP contribution in [0.15, 0.2) is 4.99 Å². The standard InChI is InChI=1S/C14H20N4O/c1-3-10(2)18-13(19)16-12(15)14(18)6-8-17-7-4-5-11(17)9-14/h1,10-11H,4-9H2,2H3,(H2,15,16,19). The van der Waals surface area contributed by atoms with Crippen LogP contribution in [-0.4, -0.2) is 52.4 Å². The van der Waals surface area contributed by atoms with E-state index in [2.05, 4.69) is 15.8 Å². The maximum atomic E-state index is 12.1. The highest BCUT2D eigenvalue weighted by molar-refractivity contribution is 6.06. The minimum absolute atomic E-state index is 0.259. The third-order valence-corrected chi connectivity index (χ3v) is 4.87. The van der Waals surface area contributed by atoms with Gasteiger partial charge in [-0.3, -0.25) is 4.90 Å². The number of urea groups is 1. The molecule has 0 aromatic carbocycles. The summed E-state index contributed by atoms with van der Waals surface area (Å²) < 4.78 is 0. The number of hydrogen-bond acceptors (Lipinski definition) is 3. The average molecular weight is 260 g/mol. The molecule has 0 aromatic heterocycles. The zero-order valence-electron chi connectivity index (χ0n) is 11.3. The van der Waals surface area contributed by atoms with Gasteiger partial charge in [0.05, 0.1) is 6.04 Å². The minimum Gasteiger partial charge on any atom is -0.385 e. The smallest absolute Gasteiger partial charge is 0.347 e. The van der Waals surface area contributed by atoms with E-state index >= 15 is 0 Å². The fourth-order valence-corrected chi connectivity index (χ4v) is 3.87. The number of fused-ring (bicyclic) bond motifs is 1. The number of nitrogens with two attached hydrogens (primary N) is 1. The number of nitrogens with zero attached hydrogens (tertiary/aromatic N) is 3. The van der Waals surface area contributed by atoms with Crippen LogP contribution in [0.2, 0.25) is 0 Å². The zero-order chi connectivity index (χ0) is 13.6. The van der Waals surface area contributed by atoms with Gasteiger partial charge in [0.2, 0.25) is 0 Å². The summed E-state index contributed by atoms with van der Waals surface area (Å²) >= 11 is 0. The van der Waals surface area contributed by atoms with Crippen LogP contribution in [0.5, 0.6) is 0 Å². The number of terminal acetylenes is 1. The second kappa shape index (κ2) is 4.24. The van der Waals surface area contributed by atoms with Gasteiger partial charge in [-0.05, 0) is 39.2 Å². The highest BCUT2D eigenvalue weighted by Gasteiger charge is 2.54. The van der Waals surface area contributed by atoms with Gasteiger partial charge in [-0.1, -0.05) is 5.92 Å². The Morgan fingerprint density at radius 2 is 2.37 bits per heavy atom. The lowest BCUT2D eigenvalue weighted by atomic mass is 9.80. The molecule has 2 fully saturated rings. The third-order valence-electron chi connectivity index (χ3n) is 4.87. The number of piperidine rings is 1. The quantitative estimate of drug-likeness (QED) is 0.709. The van der Waals surface area contributed by atoms with Crippen LogP contribution in [0.1, 0.15) is 32.6 Å². The average Bonchev–Trinajstić information content (AvgIpc) is 2.93. The van der Waals surface area contributed by atoms with E-state index in [0.29, 0.717) is 11.9 Å². The summed E-state index contributed by atoms with van der Waals surface area (Å²) in [5.74, 6) is 3.12. The predicted molar refractivity (Wildman–Crippen MR) is 73.7 cm³/mol. The van der Waals surface area contributed by atoms with Crippen molar-refractivity contribution in [3.05, 3.63) is 0 Å². The van der Waals surface area contributed by atoms with Crippen molar-refractivity contribution in [2.75, 3.05) is 13.1 Å². The van der Waals surface area contributed by atoms with E-state index in [-0.39, 0.29) is 12.1 Å². The molecule has 0 aromatic rings. The van der Waals surface area contributed by atoms with E-state index in [1.54, 1.807) is 4.90 Å². The molecule has 2 N–H and O–H groups in total. The molecule has 3 rings (SSSR count). The van der Waals surface area contributed by atoms with Gasteiger partial charge < -0.3 is 10.6 Å². The van der Waals surface area contributed by atoms with E-state index in [1.165, 1.54) is 12.8 Å². The van der Waals surface area contributed by atoms with Crippen molar-refractivity contribution in [1.82, 2.24) is 9.80 Å². The van der Waals surface area contributed by atoms with Gasteiger partial charge in [-0.25, -0.2) is 4.79 Å². The monoisotopic (exact) mass is 260 g/mol. The molecule has 3 unspecified atom stereocenters. The first-order valence-electron chi connectivity index (χ1n) is 6.96. The van der Waals surface area contributed by atoms with Crippen molar-refractivity contribution >= 4 is 11.9 Å². The molecule has 2 amide bonds. The Labute approximate surface area is 113 Å². The Hall–Kier alpha value is -1.54. The number of hydrogen-bond donors (Lipinski definition) is 1. The topological polar surface area (TPSA) is 61.9 Å². The Bertz CT molecular complexity index is 480. The summed E-state index contributed by atoms with van der Waals surface area (Å²) in [6.07, 6.45) is 9.64. The lowest BCUT2D eigenvalue weighted by molar-refractivity contribution is 0.0724. The van der Waals surface area contributed by atoms with Gasteiger partial charge in [-0.2, -0.15) is 4.99 Å². The van der Waals surface area contributed by atoms with Crippen molar-refractivity contribution in [1.29, 1.82) is 0 Å². The summed E-state index contributed by atoms with van der Waals surface area (Å²) in [6, 6.07) is -0.0134. The van der Waals surface area contributed by atoms with Crippen LogP contribution in [0, 0.1) is 12.3 Å². The molecule has 0 bridgehead atoms. The molecule has 0 saturated carbocycles. The Morgan fingerprint density at radius 1 is 1.58 bits per heavy atom. The van der Waals surface area contributed by atoms with Gasteiger partial charge in [0, 0.05) is 12.6 Å². The first-order chi connectivity index (χ1) is 9.08. The highest BCUT2D eigenvalue weighted by atomic mass is 16.2. The summed E-state index contributed by atoms with van der Waals surface area (Å²) in [7, 11) is 0. The molecule has 5 nitrogen and oxygen atoms in total. The molecule has 19 heavy (non-hydrogen) atoms. The summed E-state index contributed by atoms with van der Waals surface area (Å²) in [5.41, 5.74) is 5.66. The Morgan fingerprint density at radius 3 is 3.11 bits per heavy atom. The molecular weight excluding hydrogens is 240 g/mol. The van der Waals surface area contributed by atoms with E-state index in [1.807, 2.05) is 6.92 Å². The molecule has 102 valence electrons. The number of aliphatic imine (C=N–C) groups is 1. The molecular formula is C14H20N4O. The van der Waals surface area contributed by atoms with Gasteiger partial charge >= 0.3 is 6.03 Å². The van der Waals surface area contributed by atoms with E-state index in [4.69, 9.17) is 12.2 Å². The largest absolute Gasteiger partial charge is 0.385 e. The summed E-state index contributed by atoms with van der Waals surface area (Å²) in [4.78, 5) is 20.3. The first-order valence-corrected chi connectivity index (χ1v) is 6.96. The second-order valence-electron chi connectivity index (χ2n) is 5.81. The number of rotatable bonds is 1. The van der Waals surface area contributed by atoms with Gasteiger partial charge in [0.1, 0.15) is 11.4 Å². The van der Waals surface area contributed by atoms with Crippen LogP contribution in [0.3, 0.4) is 0 Å². The number of amidine groups is 1. The summed E-state index contributed by atoms with van der Waals surface area (Å²) in [5, 5.41) is 0. The fourth-order valence-electron chi connectivity index (χ4n) is 3.87. The Kier molecular flexibility index (Phi) is 2.79. The van der Waals surface area contributed by atoms with E-state index in [9.17, 15) is 4.79 Å². The van der Waals surface area contributed by atoms with Gasteiger partial charge in [0.25, 0.3) is 0 Å². The maximum Gasteiger partial charge on any atom is 0.347 e. The minimum atomic E-state index is -0.436. The van der Waals surface area contributed by atoms with Crippen LogP contribution >= 0.6 is 0 Å². The third kappa shape index (κ3) is 1.67. The van der Waals surface area contributed by atoms with Crippen LogP contribution in [0.25, 0.3) is 0 Å². The number of carbonyl (C=O) groups excluding carboxylic acids is 1. The molecule has 3 heterocycles. The lowest BCUT2D eigenvalue weighted by Crippen LogP contribution is -2.63. The van der Waals surface area contributed by atoms with Crippen LogP contribution < -0.4 is 5.73 Å². The highest BCUT2D eigenvalue weighted by Crippen LogP contribution is 2.40. The van der Waals surface area contributed by atoms with Crippen molar-refractivity contribution in [3.8, 4) is 12.3 Å². The SMILES string of the molecule is C#CC(C)N1C(=O)N=C(N)C12CCN1CCCC1C2. The summed E-state index contributed by atoms with van der Waals surface area (Å²) in [6.45, 7) is 4.01. The molecule has 1 spiro atoms. The lowest BCUT2D eigenvalue weighted by Gasteiger charge is -2.47. The number of amides is 2. The van der Waals surface area contributed by atoms with Crippen molar-refractivity contribution in [3.63, 3.8) is 0 Å². The zero-order valence-corrected chi connectivity index (χ0v) is 11.3. The van der Waals surface area contributed by atoms with Gasteiger partial charge in [0.15, 0.2) is 0 Å². The molecule has 5 heteroatoms. The molecule has 0 radical (unpaired) electrons.